The van der Waals surface area contributed by atoms with Crippen LogP contribution in [0.2, 0.25) is 0 Å². The fourth-order valence-electron chi connectivity index (χ4n) is 3.55. The molecule has 1 aromatic heterocycles. The number of amides is 3. The van der Waals surface area contributed by atoms with E-state index in [2.05, 4.69) is 10.6 Å². The second kappa shape index (κ2) is 8.32. The maximum absolute atomic E-state index is 12.9. The van der Waals surface area contributed by atoms with Crippen LogP contribution in [0.1, 0.15) is 48.5 Å². The first kappa shape index (κ1) is 20.4. The zero-order valence-corrected chi connectivity index (χ0v) is 17.2. The molecule has 150 valence electrons. The topological polar surface area (TPSA) is 81.7 Å². The summed E-state index contributed by atoms with van der Waals surface area (Å²) in [6.07, 6.45) is 0.375. The molecular formula is C21H27N3O3S. The number of aliphatic hydroxyl groups is 1. The highest BCUT2D eigenvalue weighted by molar-refractivity contribution is 7.10. The molecule has 3 N–H and O–H groups in total. The Hall–Kier alpha value is -2.38. The third-order valence-corrected chi connectivity index (χ3v) is 5.95. The predicted molar refractivity (Wildman–Crippen MR) is 110 cm³/mol. The Labute approximate surface area is 169 Å². The Morgan fingerprint density at radius 1 is 1.21 bits per heavy atom. The average molecular weight is 402 g/mol. The van der Waals surface area contributed by atoms with Crippen LogP contribution >= 0.6 is 11.3 Å². The van der Waals surface area contributed by atoms with E-state index in [0.717, 1.165) is 4.88 Å². The van der Waals surface area contributed by atoms with E-state index in [4.69, 9.17) is 0 Å². The van der Waals surface area contributed by atoms with E-state index in [1.54, 1.807) is 36.1 Å². The molecule has 0 saturated carbocycles. The fourth-order valence-corrected chi connectivity index (χ4v) is 4.42. The SMILES string of the molecule is CC(C)NC(=O)N1CC[C@@](C)(O)[C@@H](NC(=O)c2ccccc2)[C@@H]1c1cccs1. The first-order valence-electron chi connectivity index (χ1n) is 9.48. The number of carbonyl (C=O) groups excluding carboxylic acids is 2. The number of piperidine rings is 1. The molecule has 0 bridgehead atoms. The van der Waals surface area contributed by atoms with Crippen LogP contribution in [-0.4, -0.2) is 46.2 Å². The lowest BCUT2D eigenvalue weighted by Gasteiger charge is -2.48. The first-order chi connectivity index (χ1) is 13.3. The van der Waals surface area contributed by atoms with Crippen molar-refractivity contribution in [3.8, 4) is 0 Å². The molecule has 0 unspecified atom stereocenters. The van der Waals surface area contributed by atoms with Crippen LogP contribution in [-0.2, 0) is 0 Å². The molecule has 1 aliphatic rings. The lowest BCUT2D eigenvalue weighted by atomic mass is 9.81. The summed E-state index contributed by atoms with van der Waals surface area (Å²) in [5, 5.41) is 19.0. The van der Waals surface area contributed by atoms with Crippen LogP contribution in [0.25, 0.3) is 0 Å². The molecule has 2 aromatic rings. The first-order valence-corrected chi connectivity index (χ1v) is 10.4. The van der Waals surface area contributed by atoms with Crippen LogP contribution in [0.15, 0.2) is 47.8 Å². The third-order valence-electron chi connectivity index (χ3n) is 5.01. The highest BCUT2D eigenvalue weighted by Crippen LogP contribution is 2.39. The molecule has 0 radical (unpaired) electrons. The molecule has 1 aromatic carbocycles. The summed E-state index contributed by atoms with van der Waals surface area (Å²) >= 11 is 1.51. The van der Waals surface area contributed by atoms with Gasteiger partial charge in [0.2, 0.25) is 0 Å². The maximum Gasteiger partial charge on any atom is 0.318 e. The Balaban J connectivity index is 1.94. The molecule has 1 saturated heterocycles. The van der Waals surface area contributed by atoms with Gasteiger partial charge in [-0.25, -0.2) is 4.79 Å². The van der Waals surface area contributed by atoms with Crippen molar-refractivity contribution < 1.29 is 14.7 Å². The number of likely N-dealkylation sites (tertiary alicyclic amines) is 1. The number of rotatable bonds is 4. The number of hydrogen-bond donors (Lipinski definition) is 3. The second-order valence-electron chi connectivity index (χ2n) is 7.68. The summed E-state index contributed by atoms with van der Waals surface area (Å²) in [7, 11) is 0. The van der Waals surface area contributed by atoms with Crippen LogP contribution in [0.3, 0.4) is 0 Å². The Morgan fingerprint density at radius 2 is 1.93 bits per heavy atom. The Kier molecular flexibility index (Phi) is 6.05. The summed E-state index contributed by atoms with van der Waals surface area (Å²) in [5.41, 5.74) is -0.625. The molecule has 3 rings (SSSR count). The minimum absolute atomic E-state index is 0.00344. The average Bonchev–Trinajstić information content (AvgIpc) is 3.17. The van der Waals surface area contributed by atoms with Crippen molar-refractivity contribution in [3.05, 3.63) is 58.3 Å². The van der Waals surface area contributed by atoms with Crippen molar-refractivity contribution in [2.45, 2.75) is 50.9 Å². The lowest BCUT2D eigenvalue weighted by molar-refractivity contribution is -0.0505. The molecule has 7 heteroatoms. The van der Waals surface area contributed by atoms with Crippen molar-refractivity contribution in [1.82, 2.24) is 15.5 Å². The van der Waals surface area contributed by atoms with E-state index in [0.29, 0.717) is 18.5 Å². The predicted octanol–water partition coefficient (Wildman–Crippen LogP) is 3.16. The molecule has 0 aliphatic carbocycles. The van der Waals surface area contributed by atoms with Gasteiger partial charge >= 0.3 is 6.03 Å². The minimum Gasteiger partial charge on any atom is -0.388 e. The Bertz CT molecular complexity index is 806. The van der Waals surface area contributed by atoms with Gasteiger partial charge in [-0.3, -0.25) is 4.79 Å². The molecule has 3 amide bonds. The number of nitrogens with one attached hydrogen (secondary N) is 2. The largest absolute Gasteiger partial charge is 0.388 e. The van der Waals surface area contributed by atoms with Crippen molar-refractivity contribution in [1.29, 1.82) is 0 Å². The third kappa shape index (κ3) is 4.36. The monoisotopic (exact) mass is 401 g/mol. The normalized spacial score (nSPS) is 24.8. The molecule has 1 aliphatic heterocycles. The highest BCUT2D eigenvalue weighted by Gasteiger charge is 2.48. The van der Waals surface area contributed by atoms with Gasteiger partial charge in [-0.2, -0.15) is 0 Å². The van der Waals surface area contributed by atoms with Gasteiger partial charge in [0.05, 0.1) is 17.7 Å². The molecular weight excluding hydrogens is 374 g/mol. The summed E-state index contributed by atoms with van der Waals surface area (Å²) in [6.45, 7) is 5.95. The van der Waals surface area contributed by atoms with Crippen LogP contribution in [0, 0.1) is 0 Å². The molecule has 6 nitrogen and oxygen atoms in total. The van der Waals surface area contributed by atoms with E-state index < -0.39 is 17.7 Å². The summed E-state index contributed by atoms with van der Waals surface area (Å²) in [6, 6.07) is 11.5. The number of benzene rings is 1. The molecule has 28 heavy (non-hydrogen) atoms. The van der Waals surface area contributed by atoms with Gasteiger partial charge in [-0.1, -0.05) is 24.3 Å². The minimum atomic E-state index is -1.15. The number of urea groups is 1. The van der Waals surface area contributed by atoms with Gasteiger partial charge in [0.1, 0.15) is 0 Å². The lowest BCUT2D eigenvalue weighted by Crippen LogP contribution is -2.64. The number of hydrogen-bond acceptors (Lipinski definition) is 4. The fraction of sp³-hybridized carbons (Fsp3) is 0.429. The number of carbonyl (C=O) groups is 2. The van der Waals surface area contributed by atoms with Crippen molar-refractivity contribution >= 4 is 23.3 Å². The second-order valence-corrected chi connectivity index (χ2v) is 8.66. The highest BCUT2D eigenvalue weighted by atomic mass is 32.1. The smallest absolute Gasteiger partial charge is 0.318 e. The van der Waals surface area contributed by atoms with Crippen LogP contribution in [0.4, 0.5) is 4.79 Å². The van der Waals surface area contributed by atoms with Crippen molar-refractivity contribution in [2.75, 3.05) is 6.54 Å². The van der Waals surface area contributed by atoms with E-state index in [1.807, 2.05) is 37.4 Å². The van der Waals surface area contributed by atoms with Gasteiger partial charge in [-0.15, -0.1) is 11.3 Å². The van der Waals surface area contributed by atoms with E-state index in [-0.39, 0.29) is 18.0 Å². The van der Waals surface area contributed by atoms with E-state index in [9.17, 15) is 14.7 Å². The van der Waals surface area contributed by atoms with Gasteiger partial charge < -0.3 is 20.6 Å². The molecule has 1 fully saturated rings. The van der Waals surface area contributed by atoms with Crippen LogP contribution in [0.5, 0.6) is 0 Å². The van der Waals surface area contributed by atoms with Gasteiger partial charge in [0.25, 0.3) is 5.91 Å². The standard InChI is InChI=1S/C21H27N3O3S/c1-14(2)22-20(26)24-12-11-21(3,27)18(17(24)16-10-7-13-28-16)23-19(25)15-8-5-4-6-9-15/h4-10,13-14,17-18,27H,11-12H2,1-3H3,(H,22,26)(H,23,25)/t17-,18-,21+/m0/s1. The van der Waals surface area contributed by atoms with Crippen molar-refractivity contribution in [3.63, 3.8) is 0 Å². The van der Waals surface area contributed by atoms with Gasteiger partial charge in [0, 0.05) is 23.0 Å². The maximum atomic E-state index is 12.9. The number of thiophene rings is 1. The molecule has 0 spiro atoms. The summed E-state index contributed by atoms with van der Waals surface area (Å²) < 4.78 is 0. The quantitative estimate of drug-likeness (QED) is 0.736. The molecule has 3 atom stereocenters. The van der Waals surface area contributed by atoms with Crippen molar-refractivity contribution in [2.24, 2.45) is 0 Å². The zero-order valence-electron chi connectivity index (χ0n) is 16.4. The van der Waals surface area contributed by atoms with E-state index in [1.165, 1.54) is 11.3 Å². The Morgan fingerprint density at radius 3 is 2.54 bits per heavy atom. The zero-order chi connectivity index (χ0) is 20.3. The van der Waals surface area contributed by atoms with Crippen LogP contribution < -0.4 is 10.6 Å². The van der Waals surface area contributed by atoms with Gasteiger partial charge in [0.15, 0.2) is 0 Å². The number of nitrogens with zero attached hydrogens (tertiary/aromatic N) is 1. The van der Waals surface area contributed by atoms with E-state index >= 15 is 0 Å². The van der Waals surface area contributed by atoms with Gasteiger partial charge in [-0.05, 0) is 50.8 Å². The summed E-state index contributed by atoms with van der Waals surface area (Å²) in [4.78, 5) is 28.3. The summed E-state index contributed by atoms with van der Waals surface area (Å²) in [5.74, 6) is -0.265. The molecule has 2 heterocycles.